The van der Waals surface area contributed by atoms with Crippen LogP contribution in [-0.2, 0) is 11.3 Å². The predicted octanol–water partition coefficient (Wildman–Crippen LogP) is 1.71. The van der Waals surface area contributed by atoms with E-state index in [2.05, 4.69) is 39.5 Å². The maximum absolute atomic E-state index is 12.0. The molecule has 1 N–H and O–H groups in total. The van der Waals surface area contributed by atoms with Crippen LogP contribution in [0.25, 0.3) is 0 Å². The van der Waals surface area contributed by atoms with E-state index in [1.165, 1.54) is 5.56 Å². The Kier molecular flexibility index (Phi) is 5.34. The molecule has 0 spiro atoms. The quantitative estimate of drug-likeness (QED) is 0.913. The fourth-order valence-electron chi connectivity index (χ4n) is 2.68. The second-order valence-electron chi connectivity index (χ2n) is 5.64. The third kappa shape index (κ3) is 4.61. The van der Waals surface area contributed by atoms with E-state index in [1.807, 2.05) is 6.07 Å². The van der Waals surface area contributed by atoms with Gasteiger partial charge in [-0.3, -0.25) is 14.7 Å². The zero-order chi connectivity index (χ0) is 15.9. The van der Waals surface area contributed by atoms with Crippen molar-refractivity contribution in [2.45, 2.75) is 12.6 Å². The van der Waals surface area contributed by atoms with Gasteiger partial charge >= 0.3 is 0 Å². The lowest BCUT2D eigenvalue weighted by Gasteiger charge is -2.33. The Morgan fingerprint density at radius 1 is 1.22 bits per heavy atom. The molecule has 5 heteroatoms. The number of pyridine rings is 1. The average Bonchev–Trinajstić information content (AvgIpc) is 2.62. The average molecular weight is 311 g/mol. The highest BCUT2D eigenvalue weighted by atomic mass is 16.5. The molecule has 0 aliphatic carbocycles. The summed E-state index contributed by atoms with van der Waals surface area (Å²) in [6.07, 6.45) is 1.63. The fourth-order valence-corrected chi connectivity index (χ4v) is 2.68. The predicted molar refractivity (Wildman–Crippen MR) is 88.0 cm³/mol. The van der Waals surface area contributed by atoms with Crippen LogP contribution in [0.1, 0.15) is 16.1 Å². The minimum Gasteiger partial charge on any atom is -0.374 e. The Morgan fingerprint density at radius 3 is 2.83 bits per heavy atom. The van der Waals surface area contributed by atoms with Crippen molar-refractivity contribution >= 4 is 5.91 Å². The third-order valence-corrected chi connectivity index (χ3v) is 3.86. The fraction of sp³-hybridized carbons (Fsp3) is 0.333. The van der Waals surface area contributed by atoms with Crippen LogP contribution in [0.3, 0.4) is 0 Å². The van der Waals surface area contributed by atoms with E-state index in [-0.39, 0.29) is 12.0 Å². The number of amides is 1. The Labute approximate surface area is 136 Å². The number of nitrogens with zero attached hydrogens (tertiary/aromatic N) is 2. The van der Waals surface area contributed by atoms with Crippen molar-refractivity contribution in [1.82, 2.24) is 15.2 Å². The highest BCUT2D eigenvalue weighted by Gasteiger charge is 2.21. The van der Waals surface area contributed by atoms with Crippen molar-refractivity contribution in [3.05, 3.63) is 66.0 Å². The molecule has 3 rings (SSSR count). The van der Waals surface area contributed by atoms with Gasteiger partial charge in [-0.2, -0.15) is 0 Å². The molecule has 1 amide bonds. The monoisotopic (exact) mass is 311 g/mol. The van der Waals surface area contributed by atoms with Crippen LogP contribution >= 0.6 is 0 Å². The number of rotatable bonds is 5. The Morgan fingerprint density at radius 2 is 2.04 bits per heavy atom. The molecule has 5 nitrogen and oxygen atoms in total. The summed E-state index contributed by atoms with van der Waals surface area (Å²) in [4.78, 5) is 18.4. The lowest BCUT2D eigenvalue weighted by Crippen LogP contribution is -2.47. The molecule has 1 aromatic heterocycles. The summed E-state index contributed by atoms with van der Waals surface area (Å²) in [5.41, 5.74) is 1.73. The molecule has 1 aliphatic rings. The number of morpholine rings is 1. The standard InChI is InChI=1S/C18H21N3O2/c22-18(17-8-4-5-9-19-17)20-12-16-14-21(10-11-23-16)13-15-6-2-1-3-7-15/h1-9,16H,10-14H2,(H,20,22)/t16-/m1/s1. The van der Waals surface area contributed by atoms with Gasteiger partial charge in [-0.15, -0.1) is 0 Å². The molecule has 0 bridgehead atoms. The van der Waals surface area contributed by atoms with Gasteiger partial charge in [0.05, 0.1) is 12.7 Å². The first kappa shape index (κ1) is 15.6. The smallest absolute Gasteiger partial charge is 0.269 e. The third-order valence-electron chi connectivity index (χ3n) is 3.86. The summed E-state index contributed by atoms with van der Waals surface area (Å²) < 4.78 is 5.76. The first-order valence-corrected chi connectivity index (χ1v) is 7.88. The number of ether oxygens (including phenoxy) is 1. The van der Waals surface area contributed by atoms with Crippen LogP contribution in [-0.4, -0.2) is 48.1 Å². The summed E-state index contributed by atoms with van der Waals surface area (Å²) >= 11 is 0. The molecular weight excluding hydrogens is 290 g/mol. The molecule has 0 radical (unpaired) electrons. The van der Waals surface area contributed by atoms with E-state index in [1.54, 1.807) is 24.4 Å². The van der Waals surface area contributed by atoms with Gasteiger partial charge in [0, 0.05) is 32.4 Å². The Bertz CT molecular complexity index is 619. The van der Waals surface area contributed by atoms with Crippen molar-refractivity contribution in [2.75, 3.05) is 26.2 Å². The van der Waals surface area contributed by atoms with Gasteiger partial charge in [0.2, 0.25) is 0 Å². The maximum Gasteiger partial charge on any atom is 0.269 e. The number of hydrogen-bond donors (Lipinski definition) is 1. The SMILES string of the molecule is O=C(NC[C@@H]1CN(Cc2ccccc2)CCO1)c1ccccn1. The summed E-state index contributed by atoms with van der Waals surface area (Å²) in [5.74, 6) is -0.158. The topological polar surface area (TPSA) is 54.5 Å². The van der Waals surface area contributed by atoms with Crippen LogP contribution in [0, 0.1) is 0 Å². The molecule has 2 heterocycles. The van der Waals surface area contributed by atoms with E-state index >= 15 is 0 Å². The molecule has 1 aromatic carbocycles. The lowest BCUT2D eigenvalue weighted by atomic mass is 10.2. The second-order valence-corrected chi connectivity index (χ2v) is 5.64. The number of benzene rings is 1. The van der Waals surface area contributed by atoms with E-state index in [0.29, 0.717) is 18.8 Å². The molecule has 0 unspecified atom stereocenters. The Hall–Kier alpha value is -2.24. The van der Waals surface area contributed by atoms with E-state index in [0.717, 1.165) is 19.6 Å². The van der Waals surface area contributed by atoms with Crippen LogP contribution in [0.15, 0.2) is 54.7 Å². The van der Waals surface area contributed by atoms with Gasteiger partial charge in [-0.1, -0.05) is 36.4 Å². The van der Waals surface area contributed by atoms with Gasteiger partial charge in [0.25, 0.3) is 5.91 Å². The first-order chi connectivity index (χ1) is 11.3. The van der Waals surface area contributed by atoms with E-state index in [4.69, 9.17) is 4.74 Å². The van der Waals surface area contributed by atoms with Crippen LogP contribution in [0.5, 0.6) is 0 Å². The molecule has 0 saturated carbocycles. The molecule has 2 aromatic rings. The van der Waals surface area contributed by atoms with Crippen molar-refractivity contribution in [1.29, 1.82) is 0 Å². The van der Waals surface area contributed by atoms with Crippen molar-refractivity contribution in [3.63, 3.8) is 0 Å². The largest absolute Gasteiger partial charge is 0.374 e. The van der Waals surface area contributed by atoms with Gasteiger partial charge in [0.15, 0.2) is 0 Å². The van der Waals surface area contributed by atoms with E-state index < -0.39 is 0 Å². The molecule has 120 valence electrons. The number of carbonyl (C=O) groups is 1. The van der Waals surface area contributed by atoms with E-state index in [9.17, 15) is 4.79 Å². The summed E-state index contributed by atoms with van der Waals surface area (Å²) in [7, 11) is 0. The summed E-state index contributed by atoms with van der Waals surface area (Å²) in [5, 5.41) is 2.90. The van der Waals surface area contributed by atoms with Crippen LogP contribution in [0.4, 0.5) is 0 Å². The number of hydrogen-bond acceptors (Lipinski definition) is 4. The summed E-state index contributed by atoms with van der Waals surface area (Å²) in [6.45, 7) is 3.84. The maximum atomic E-state index is 12.0. The zero-order valence-corrected chi connectivity index (χ0v) is 13.0. The van der Waals surface area contributed by atoms with Crippen molar-refractivity contribution in [3.8, 4) is 0 Å². The first-order valence-electron chi connectivity index (χ1n) is 7.88. The lowest BCUT2D eigenvalue weighted by molar-refractivity contribution is -0.0292. The van der Waals surface area contributed by atoms with Gasteiger partial charge < -0.3 is 10.1 Å². The van der Waals surface area contributed by atoms with Gasteiger partial charge in [-0.25, -0.2) is 0 Å². The molecule has 1 atom stereocenters. The zero-order valence-electron chi connectivity index (χ0n) is 13.0. The van der Waals surface area contributed by atoms with Gasteiger partial charge in [-0.05, 0) is 17.7 Å². The highest BCUT2D eigenvalue weighted by Crippen LogP contribution is 2.10. The number of aromatic nitrogens is 1. The van der Waals surface area contributed by atoms with Crippen molar-refractivity contribution in [2.24, 2.45) is 0 Å². The number of carbonyl (C=O) groups excluding carboxylic acids is 1. The molecular formula is C18H21N3O2. The summed E-state index contributed by atoms with van der Waals surface area (Å²) in [6, 6.07) is 15.7. The second kappa shape index (κ2) is 7.85. The number of nitrogens with one attached hydrogen (secondary N) is 1. The molecule has 1 fully saturated rings. The normalized spacial score (nSPS) is 18.5. The minimum absolute atomic E-state index is 0.0140. The molecule has 23 heavy (non-hydrogen) atoms. The molecule has 1 aliphatic heterocycles. The van der Waals surface area contributed by atoms with Crippen LogP contribution in [0.2, 0.25) is 0 Å². The minimum atomic E-state index is -0.158. The van der Waals surface area contributed by atoms with Gasteiger partial charge in [0.1, 0.15) is 5.69 Å². The Balaban J connectivity index is 1.48. The van der Waals surface area contributed by atoms with Crippen LogP contribution < -0.4 is 5.32 Å². The van der Waals surface area contributed by atoms with Crippen molar-refractivity contribution < 1.29 is 9.53 Å². The highest BCUT2D eigenvalue weighted by molar-refractivity contribution is 5.92. The molecule has 1 saturated heterocycles.